The van der Waals surface area contributed by atoms with Crippen LogP contribution in [0.4, 0.5) is 0 Å². The predicted molar refractivity (Wildman–Crippen MR) is 118 cm³/mol. The van der Waals surface area contributed by atoms with E-state index < -0.39 is 28.9 Å². The molecule has 2 amide bonds. The number of hydrogen-bond acceptors (Lipinski definition) is 10. The molecule has 2 aliphatic heterocycles. The van der Waals surface area contributed by atoms with Gasteiger partial charge in [0, 0.05) is 18.6 Å². The molecule has 13 heteroatoms. The summed E-state index contributed by atoms with van der Waals surface area (Å²) in [7, 11) is 1.30. The number of carboxylic acid groups (broad SMARTS) is 1. The van der Waals surface area contributed by atoms with E-state index in [4.69, 9.17) is 9.47 Å². The molecule has 1 aromatic carbocycles. The van der Waals surface area contributed by atoms with E-state index >= 15 is 0 Å². The maximum Gasteiger partial charge on any atom is 0.352 e. The van der Waals surface area contributed by atoms with E-state index in [0.29, 0.717) is 27.2 Å². The zero-order chi connectivity index (χ0) is 22.7. The summed E-state index contributed by atoms with van der Waals surface area (Å²) in [6.45, 7) is -0.314. The molecule has 32 heavy (non-hydrogen) atoms. The van der Waals surface area contributed by atoms with E-state index in [9.17, 15) is 19.5 Å². The minimum atomic E-state index is -1.65. The number of hydrogen-bond donors (Lipinski definition) is 2. The number of benzene rings is 1. The Kier molecular flexibility index (Phi) is 6.69. The smallest absolute Gasteiger partial charge is 0.352 e. The maximum absolute atomic E-state index is 13.1. The Morgan fingerprint density at radius 3 is 2.81 bits per heavy atom. The van der Waals surface area contributed by atoms with Crippen LogP contribution in [0.5, 0.6) is 5.75 Å². The Morgan fingerprint density at radius 2 is 2.16 bits per heavy atom. The second-order valence-corrected chi connectivity index (χ2v) is 9.80. The summed E-state index contributed by atoms with van der Waals surface area (Å²) in [4.78, 5) is 38.7. The standard InChI is InChI=1S/C19H18N4O6S3/c1-28-19(21-13(24)7-29-12-5-3-2-4-6-12)16(27)23-14(15(25)26)11(8-30-17(19)23)9-31-18-22-20-10-32-18/h2-6,10,17H,7-9H2,1H3,(H,21,24)(H,25,26)/t17-,19?/m1/s1. The van der Waals surface area contributed by atoms with Gasteiger partial charge in [-0.25, -0.2) is 4.79 Å². The Hall–Kier alpha value is -2.61. The van der Waals surface area contributed by atoms with Crippen LogP contribution in [-0.4, -0.2) is 74.3 Å². The molecule has 0 saturated carbocycles. The monoisotopic (exact) mass is 494 g/mol. The van der Waals surface area contributed by atoms with Crippen molar-refractivity contribution in [3.05, 3.63) is 47.1 Å². The highest BCUT2D eigenvalue weighted by atomic mass is 32.2. The Balaban J connectivity index is 1.47. The third-order valence-electron chi connectivity index (χ3n) is 4.78. The number of β-lactam (4-membered cyclic amide) rings is 1. The SMILES string of the molecule is COC1(NC(=O)COc2ccccc2)C(=O)N2C(C(=O)O)=C(CSc3nncs3)CS[C@@H]21. The van der Waals surface area contributed by atoms with Crippen LogP contribution in [0.2, 0.25) is 0 Å². The zero-order valence-electron chi connectivity index (χ0n) is 16.7. The molecular formula is C19H18N4O6S3. The van der Waals surface area contributed by atoms with Gasteiger partial charge in [0.15, 0.2) is 10.9 Å². The number of amides is 2. The van der Waals surface area contributed by atoms with Crippen molar-refractivity contribution in [3.8, 4) is 5.75 Å². The fraction of sp³-hybridized carbons (Fsp3) is 0.316. The molecule has 2 aliphatic rings. The van der Waals surface area contributed by atoms with Gasteiger partial charge >= 0.3 is 5.97 Å². The van der Waals surface area contributed by atoms with Gasteiger partial charge in [0.25, 0.3) is 17.5 Å². The molecular weight excluding hydrogens is 476 g/mol. The highest BCUT2D eigenvalue weighted by Gasteiger charge is 2.66. The molecule has 168 valence electrons. The van der Waals surface area contributed by atoms with Crippen molar-refractivity contribution in [1.29, 1.82) is 0 Å². The highest BCUT2D eigenvalue weighted by Crippen LogP contribution is 2.47. The van der Waals surface area contributed by atoms with Crippen LogP contribution in [-0.2, 0) is 19.1 Å². The van der Waals surface area contributed by atoms with Crippen LogP contribution >= 0.6 is 34.9 Å². The predicted octanol–water partition coefficient (Wildman–Crippen LogP) is 1.42. The number of thioether (sulfide) groups is 2. The fourth-order valence-electron chi connectivity index (χ4n) is 3.34. The van der Waals surface area contributed by atoms with Crippen molar-refractivity contribution in [2.45, 2.75) is 15.4 Å². The molecule has 1 aromatic heterocycles. The number of carbonyl (C=O) groups excluding carboxylic acids is 2. The molecule has 10 nitrogen and oxygen atoms in total. The molecule has 2 atom stereocenters. The van der Waals surface area contributed by atoms with Gasteiger partial charge in [0.05, 0.1) is 0 Å². The highest BCUT2D eigenvalue weighted by molar-refractivity contribution is 8.01. The minimum absolute atomic E-state index is 0.0850. The first kappa shape index (κ1) is 22.6. The number of rotatable bonds is 9. The van der Waals surface area contributed by atoms with Gasteiger partial charge in [-0.05, 0) is 17.7 Å². The number of aromatic nitrogens is 2. The lowest BCUT2D eigenvalue weighted by Crippen LogP contribution is -2.81. The van der Waals surface area contributed by atoms with Gasteiger partial charge in [-0.1, -0.05) is 41.3 Å². The molecule has 1 fully saturated rings. The second kappa shape index (κ2) is 9.48. The van der Waals surface area contributed by atoms with E-state index in [0.717, 1.165) is 0 Å². The number of nitrogens with zero attached hydrogens (tertiary/aromatic N) is 3. The van der Waals surface area contributed by atoms with E-state index in [1.807, 2.05) is 6.07 Å². The number of para-hydroxylation sites is 1. The third-order valence-corrected chi connectivity index (χ3v) is 8.10. The summed E-state index contributed by atoms with van der Waals surface area (Å²) in [5.74, 6) is -1.17. The van der Waals surface area contributed by atoms with Gasteiger partial charge in [0.2, 0.25) is 0 Å². The number of aliphatic carboxylic acids is 1. The van der Waals surface area contributed by atoms with E-state index in [1.54, 1.807) is 29.8 Å². The molecule has 1 saturated heterocycles. The van der Waals surface area contributed by atoms with Crippen molar-refractivity contribution in [1.82, 2.24) is 20.4 Å². The Bertz CT molecular complexity index is 1050. The Morgan fingerprint density at radius 1 is 1.38 bits per heavy atom. The molecule has 2 N–H and O–H groups in total. The molecule has 0 spiro atoms. The first-order valence-electron chi connectivity index (χ1n) is 9.30. The summed E-state index contributed by atoms with van der Waals surface area (Å²) in [6.07, 6.45) is 0. The second-order valence-electron chi connectivity index (χ2n) is 6.68. The third kappa shape index (κ3) is 4.20. The van der Waals surface area contributed by atoms with Gasteiger partial charge in [0.1, 0.15) is 22.3 Å². The molecule has 0 radical (unpaired) electrons. The maximum atomic E-state index is 13.1. The lowest BCUT2D eigenvalue weighted by Gasteiger charge is -2.55. The van der Waals surface area contributed by atoms with Crippen molar-refractivity contribution < 1.29 is 29.0 Å². The van der Waals surface area contributed by atoms with Gasteiger partial charge in [-0.2, -0.15) is 0 Å². The largest absolute Gasteiger partial charge is 0.484 e. The first-order chi connectivity index (χ1) is 15.5. The van der Waals surface area contributed by atoms with Crippen molar-refractivity contribution >= 4 is 52.6 Å². The summed E-state index contributed by atoms with van der Waals surface area (Å²) >= 11 is 4.04. The van der Waals surface area contributed by atoms with E-state index in [1.165, 1.54) is 46.9 Å². The first-order valence-corrected chi connectivity index (χ1v) is 12.2. The van der Waals surface area contributed by atoms with E-state index in [-0.39, 0.29) is 12.3 Å². The molecule has 2 aromatic rings. The molecule has 0 bridgehead atoms. The number of fused-ring (bicyclic) bond motifs is 1. The quantitative estimate of drug-likeness (QED) is 0.300. The van der Waals surface area contributed by atoms with Crippen molar-refractivity contribution in [3.63, 3.8) is 0 Å². The molecule has 1 unspecified atom stereocenters. The van der Waals surface area contributed by atoms with Gasteiger partial charge in [-0.3, -0.25) is 14.5 Å². The van der Waals surface area contributed by atoms with Crippen LogP contribution in [0.3, 0.4) is 0 Å². The summed E-state index contributed by atoms with van der Waals surface area (Å²) in [6, 6.07) is 8.78. The van der Waals surface area contributed by atoms with Crippen LogP contribution in [0, 0.1) is 0 Å². The number of nitrogens with one attached hydrogen (secondary N) is 1. The molecule has 3 heterocycles. The number of carbonyl (C=O) groups is 3. The zero-order valence-corrected chi connectivity index (χ0v) is 19.2. The summed E-state index contributed by atoms with van der Waals surface area (Å²) in [5.41, 5.74) is 0.450. The van der Waals surface area contributed by atoms with Gasteiger partial charge in [-0.15, -0.1) is 22.0 Å². The average molecular weight is 495 g/mol. The number of methoxy groups -OCH3 is 1. The van der Waals surface area contributed by atoms with E-state index in [2.05, 4.69) is 15.5 Å². The topological polar surface area (TPSA) is 131 Å². The summed E-state index contributed by atoms with van der Waals surface area (Å²) < 4.78 is 11.6. The number of ether oxygens (including phenoxy) is 2. The van der Waals surface area contributed by atoms with Crippen LogP contribution in [0.25, 0.3) is 0 Å². The van der Waals surface area contributed by atoms with Crippen molar-refractivity contribution in [2.24, 2.45) is 0 Å². The lowest BCUT2D eigenvalue weighted by atomic mass is 9.98. The minimum Gasteiger partial charge on any atom is -0.484 e. The van der Waals surface area contributed by atoms with Crippen LogP contribution in [0.1, 0.15) is 0 Å². The lowest BCUT2D eigenvalue weighted by molar-refractivity contribution is -0.192. The van der Waals surface area contributed by atoms with Crippen molar-refractivity contribution in [2.75, 3.05) is 25.2 Å². The van der Waals surface area contributed by atoms with Crippen LogP contribution < -0.4 is 10.1 Å². The molecule has 4 rings (SSSR count). The number of carboxylic acids is 1. The Labute approximate surface area is 195 Å². The van der Waals surface area contributed by atoms with Gasteiger partial charge < -0.3 is 19.9 Å². The normalized spacial score (nSPS) is 22.2. The fourth-order valence-corrected chi connectivity index (χ4v) is 6.40. The summed E-state index contributed by atoms with van der Waals surface area (Å²) in [5, 5.41) is 19.4. The molecule has 0 aliphatic carbocycles. The van der Waals surface area contributed by atoms with Crippen LogP contribution in [0.15, 0.2) is 51.5 Å². The average Bonchev–Trinajstić information content (AvgIpc) is 3.33.